The molecular weight excluding hydrogens is 340 g/mol. The lowest BCUT2D eigenvalue weighted by molar-refractivity contribution is -0.170. The summed E-state index contributed by atoms with van der Waals surface area (Å²) in [7, 11) is 0. The molecule has 0 aromatic heterocycles. The Balaban J connectivity index is 2.06. The number of thiol groups is 1. The molecule has 2 N–H and O–H groups in total. The molecule has 1 atom stereocenters. The Morgan fingerprint density at radius 3 is 2.56 bits per heavy atom. The number of unbranched alkanes of at least 4 members (excludes halogenated alkanes) is 3. The highest BCUT2D eigenvalue weighted by Crippen LogP contribution is 2.17. The molecule has 142 valence electrons. The molecule has 5 nitrogen and oxygen atoms in total. The van der Waals surface area contributed by atoms with E-state index in [1.54, 1.807) is 6.92 Å². The third kappa shape index (κ3) is 8.23. The van der Waals surface area contributed by atoms with Crippen molar-refractivity contribution in [1.82, 2.24) is 0 Å². The van der Waals surface area contributed by atoms with Gasteiger partial charge in [0.1, 0.15) is 0 Å². The van der Waals surface area contributed by atoms with Crippen molar-refractivity contribution in [3.63, 3.8) is 0 Å². The molecule has 0 saturated carbocycles. The Labute approximate surface area is 155 Å². The first-order valence-electron chi connectivity index (χ1n) is 8.88. The number of aliphatic hydroxyl groups excluding tert-OH is 1. The lowest BCUT2D eigenvalue weighted by Gasteiger charge is -2.23. The first-order valence-corrected chi connectivity index (χ1v) is 9.33. The number of esters is 1. The summed E-state index contributed by atoms with van der Waals surface area (Å²) in [4.78, 5) is 12.6. The topological polar surface area (TPSA) is 76.0 Å². The Morgan fingerprint density at radius 2 is 1.88 bits per heavy atom. The summed E-state index contributed by atoms with van der Waals surface area (Å²) >= 11 is 4.41. The minimum absolute atomic E-state index is 0.191. The number of rotatable bonds is 13. The number of benzene rings is 1. The van der Waals surface area contributed by atoms with Gasteiger partial charge in [-0.1, -0.05) is 31.0 Å². The smallest absolute Gasteiger partial charge is 0.340 e. The van der Waals surface area contributed by atoms with Crippen molar-refractivity contribution >= 4 is 18.6 Å². The van der Waals surface area contributed by atoms with Gasteiger partial charge in [0.05, 0.1) is 19.8 Å². The van der Waals surface area contributed by atoms with Gasteiger partial charge in [-0.05, 0) is 44.2 Å². The van der Waals surface area contributed by atoms with Crippen LogP contribution in [0.25, 0.3) is 0 Å². The highest BCUT2D eigenvalue weighted by atomic mass is 32.1. The molecule has 25 heavy (non-hydrogen) atoms. The lowest BCUT2D eigenvalue weighted by Crippen LogP contribution is -2.43. The van der Waals surface area contributed by atoms with E-state index in [1.165, 1.54) is 5.56 Å². The van der Waals surface area contributed by atoms with Crippen LogP contribution in [0.3, 0.4) is 0 Å². The number of hydrogen-bond acceptors (Lipinski definition) is 6. The van der Waals surface area contributed by atoms with E-state index in [4.69, 9.17) is 9.47 Å². The zero-order valence-corrected chi connectivity index (χ0v) is 15.8. The van der Waals surface area contributed by atoms with Gasteiger partial charge in [0.25, 0.3) is 0 Å². The van der Waals surface area contributed by atoms with Crippen LogP contribution in [0.15, 0.2) is 29.2 Å². The molecule has 0 aliphatic carbocycles. The fraction of sp³-hybridized carbons (Fsp3) is 0.632. The molecule has 0 aliphatic rings. The number of carbonyl (C=O) groups is 1. The van der Waals surface area contributed by atoms with Gasteiger partial charge in [-0.2, -0.15) is 0 Å². The first kappa shape index (κ1) is 22.0. The molecule has 6 heteroatoms. The molecule has 1 aromatic carbocycles. The van der Waals surface area contributed by atoms with Crippen LogP contribution in [0.5, 0.6) is 0 Å². The highest BCUT2D eigenvalue weighted by Gasteiger charge is 2.36. The van der Waals surface area contributed by atoms with Crippen molar-refractivity contribution in [2.24, 2.45) is 0 Å². The maximum atomic E-state index is 11.6. The Kier molecular flexibility index (Phi) is 10.8. The van der Waals surface area contributed by atoms with Crippen LogP contribution >= 0.6 is 12.6 Å². The lowest BCUT2D eigenvalue weighted by atomic mass is 9.97. The van der Waals surface area contributed by atoms with Gasteiger partial charge >= 0.3 is 5.97 Å². The molecule has 0 amide bonds. The van der Waals surface area contributed by atoms with Crippen LogP contribution in [0, 0.1) is 0 Å². The second-order valence-corrected chi connectivity index (χ2v) is 6.55. The van der Waals surface area contributed by atoms with Crippen LogP contribution in [-0.2, 0) is 20.7 Å². The van der Waals surface area contributed by atoms with Gasteiger partial charge in [-0.3, -0.25) is 0 Å². The molecular formula is C19H30O5S. The SMILES string of the molecule is CCOC(=O)C(O)(CO)CCCCCCOCCc1ccccc1S. The molecule has 0 aliphatic heterocycles. The molecule has 0 radical (unpaired) electrons. The summed E-state index contributed by atoms with van der Waals surface area (Å²) in [6, 6.07) is 7.99. The van der Waals surface area contributed by atoms with Crippen molar-refractivity contribution in [2.75, 3.05) is 26.4 Å². The summed E-state index contributed by atoms with van der Waals surface area (Å²) in [5, 5.41) is 19.3. The fourth-order valence-electron chi connectivity index (χ4n) is 2.49. The van der Waals surface area contributed by atoms with Crippen LogP contribution in [0.1, 0.15) is 44.6 Å². The standard InChI is InChI=1S/C19H30O5S/c1-2-24-18(21)19(22,15-20)12-7-3-4-8-13-23-14-11-16-9-5-6-10-17(16)25/h5-6,9-10,20,22,25H,2-4,7-8,11-15H2,1H3. The molecule has 0 heterocycles. The van der Waals surface area contributed by atoms with E-state index in [1.807, 2.05) is 18.2 Å². The molecule has 0 bridgehead atoms. The second kappa shape index (κ2) is 12.3. The van der Waals surface area contributed by atoms with Gasteiger partial charge in [-0.15, -0.1) is 12.6 Å². The first-order chi connectivity index (χ1) is 12.0. The van der Waals surface area contributed by atoms with E-state index < -0.39 is 18.2 Å². The van der Waals surface area contributed by atoms with E-state index in [0.29, 0.717) is 19.6 Å². The third-order valence-electron chi connectivity index (χ3n) is 4.05. The van der Waals surface area contributed by atoms with Crippen molar-refractivity contribution in [1.29, 1.82) is 0 Å². The third-order valence-corrected chi connectivity index (χ3v) is 4.49. The summed E-state index contributed by atoms with van der Waals surface area (Å²) in [6.07, 6.45) is 4.46. The maximum Gasteiger partial charge on any atom is 0.340 e. The second-order valence-electron chi connectivity index (χ2n) is 6.07. The summed E-state index contributed by atoms with van der Waals surface area (Å²) in [5.41, 5.74) is -0.583. The molecule has 0 spiro atoms. The number of carbonyl (C=O) groups excluding carboxylic acids is 1. The Morgan fingerprint density at radius 1 is 1.16 bits per heavy atom. The van der Waals surface area contributed by atoms with Gasteiger partial charge in [0.2, 0.25) is 0 Å². The normalized spacial score (nSPS) is 13.4. The predicted octanol–water partition coefficient (Wildman–Crippen LogP) is 2.77. The number of hydrogen-bond donors (Lipinski definition) is 3. The molecule has 1 unspecified atom stereocenters. The predicted molar refractivity (Wildman–Crippen MR) is 100.0 cm³/mol. The van der Waals surface area contributed by atoms with Gasteiger partial charge in [-0.25, -0.2) is 4.79 Å². The average Bonchev–Trinajstić information content (AvgIpc) is 2.61. The van der Waals surface area contributed by atoms with E-state index in [-0.39, 0.29) is 13.0 Å². The average molecular weight is 371 g/mol. The van der Waals surface area contributed by atoms with Gasteiger partial charge in [0.15, 0.2) is 5.60 Å². The quantitative estimate of drug-likeness (QED) is 0.283. The van der Waals surface area contributed by atoms with Gasteiger partial charge < -0.3 is 19.7 Å². The molecule has 0 fully saturated rings. The van der Waals surface area contributed by atoms with Crippen LogP contribution < -0.4 is 0 Å². The van der Waals surface area contributed by atoms with Crippen molar-refractivity contribution < 1.29 is 24.5 Å². The monoisotopic (exact) mass is 370 g/mol. The molecule has 1 rings (SSSR count). The van der Waals surface area contributed by atoms with Gasteiger partial charge in [0, 0.05) is 11.5 Å². The zero-order valence-electron chi connectivity index (χ0n) is 14.9. The van der Waals surface area contributed by atoms with Crippen molar-refractivity contribution in [3.05, 3.63) is 29.8 Å². The fourth-order valence-corrected chi connectivity index (χ4v) is 2.77. The van der Waals surface area contributed by atoms with E-state index in [9.17, 15) is 15.0 Å². The zero-order chi connectivity index (χ0) is 18.5. The Hall–Kier alpha value is -1.08. The minimum atomic E-state index is -1.77. The molecule has 1 aromatic rings. The Bertz CT molecular complexity index is 508. The summed E-state index contributed by atoms with van der Waals surface area (Å²) in [5.74, 6) is -0.745. The summed E-state index contributed by atoms with van der Waals surface area (Å²) in [6.45, 7) is 2.61. The largest absolute Gasteiger partial charge is 0.464 e. The van der Waals surface area contributed by atoms with E-state index in [0.717, 1.165) is 30.6 Å². The number of ether oxygens (including phenoxy) is 2. The maximum absolute atomic E-state index is 11.6. The minimum Gasteiger partial charge on any atom is -0.464 e. The highest BCUT2D eigenvalue weighted by molar-refractivity contribution is 7.80. The van der Waals surface area contributed by atoms with Crippen LogP contribution in [0.4, 0.5) is 0 Å². The van der Waals surface area contributed by atoms with E-state index in [2.05, 4.69) is 18.7 Å². The van der Waals surface area contributed by atoms with Crippen molar-refractivity contribution in [3.8, 4) is 0 Å². The summed E-state index contributed by atoms with van der Waals surface area (Å²) < 4.78 is 10.4. The number of aliphatic hydroxyl groups is 2. The van der Waals surface area contributed by atoms with E-state index >= 15 is 0 Å². The van der Waals surface area contributed by atoms with Crippen LogP contribution in [0.2, 0.25) is 0 Å². The van der Waals surface area contributed by atoms with Crippen LogP contribution in [-0.4, -0.2) is 48.2 Å². The van der Waals surface area contributed by atoms with Crippen molar-refractivity contribution in [2.45, 2.75) is 55.9 Å². The molecule has 0 saturated heterocycles.